The number of halogens is 3. The fourth-order valence-corrected chi connectivity index (χ4v) is 2.70. The SMILES string of the molecule is COc1ccc(CC(Br)c2cc(F)c(C)cc2F)cc1. The first-order valence-corrected chi connectivity index (χ1v) is 7.15. The van der Waals surface area contributed by atoms with Crippen LogP contribution in [0.5, 0.6) is 5.75 Å². The highest BCUT2D eigenvalue weighted by Gasteiger charge is 2.16. The number of hydrogen-bond acceptors (Lipinski definition) is 1. The first-order chi connectivity index (χ1) is 9.51. The zero-order valence-electron chi connectivity index (χ0n) is 11.3. The number of benzene rings is 2. The summed E-state index contributed by atoms with van der Waals surface area (Å²) in [6, 6.07) is 10.0. The third-order valence-corrected chi connectivity index (χ3v) is 4.01. The third kappa shape index (κ3) is 3.37. The van der Waals surface area contributed by atoms with Crippen molar-refractivity contribution in [2.75, 3.05) is 7.11 Å². The predicted molar refractivity (Wildman–Crippen MR) is 79.5 cm³/mol. The van der Waals surface area contributed by atoms with Crippen molar-refractivity contribution in [1.29, 1.82) is 0 Å². The molecule has 0 heterocycles. The highest BCUT2D eigenvalue weighted by atomic mass is 79.9. The normalized spacial score (nSPS) is 12.2. The molecule has 2 aromatic rings. The third-order valence-electron chi connectivity index (χ3n) is 3.19. The molecular formula is C16H15BrF2O. The molecule has 0 aromatic heterocycles. The van der Waals surface area contributed by atoms with Gasteiger partial charge in [-0.15, -0.1) is 0 Å². The number of alkyl halides is 1. The Labute approximate surface area is 125 Å². The summed E-state index contributed by atoms with van der Waals surface area (Å²) in [6.07, 6.45) is 0.573. The van der Waals surface area contributed by atoms with E-state index in [9.17, 15) is 8.78 Å². The van der Waals surface area contributed by atoms with E-state index >= 15 is 0 Å². The zero-order chi connectivity index (χ0) is 14.7. The Bertz CT molecular complexity index is 596. The highest BCUT2D eigenvalue weighted by molar-refractivity contribution is 9.09. The van der Waals surface area contributed by atoms with Crippen LogP contribution in [0.4, 0.5) is 8.78 Å². The topological polar surface area (TPSA) is 9.23 Å². The molecule has 0 bridgehead atoms. The quantitative estimate of drug-likeness (QED) is 0.714. The predicted octanol–water partition coefficient (Wildman–Crippen LogP) is 4.96. The molecule has 0 saturated heterocycles. The molecule has 1 atom stereocenters. The molecule has 2 rings (SSSR count). The Morgan fingerprint density at radius 3 is 2.35 bits per heavy atom. The van der Waals surface area contributed by atoms with E-state index in [1.807, 2.05) is 24.3 Å². The minimum Gasteiger partial charge on any atom is -0.497 e. The van der Waals surface area contributed by atoms with E-state index in [-0.39, 0.29) is 16.5 Å². The second-order valence-electron chi connectivity index (χ2n) is 4.64. The van der Waals surface area contributed by atoms with Crippen LogP contribution < -0.4 is 4.74 Å². The summed E-state index contributed by atoms with van der Waals surface area (Å²) in [5, 5.41) is 0. The van der Waals surface area contributed by atoms with E-state index in [1.54, 1.807) is 14.0 Å². The summed E-state index contributed by atoms with van der Waals surface area (Å²) in [5.41, 5.74) is 1.67. The number of aryl methyl sites for hydroxylation is 1. The summed E-state index contributed by atoms with van der Waals surface area (Å²) in [5.74, 6) is -0.00713. The van der Waals surface area contributed by atoms with Gasteiger partial charge in [0.1, 0.15) is 17.4 Å². The van der Waals surface area contributed by atoms with Crippen LogP contribution in [-0.4, -0.2) is 7.11 Å². The Balaban J connectivity index is 2.18. The lowest BCUT2D eigenvalue weighted by Crippen LogP contribution is -2.01. The van der Waals surface area contributed by atoms with E-state index in [0.717, 1.165) is 11.3 Å². The second-order valence-corrected chi connectivity index (χ2v) is 5.75. The molecule has 0 aliphatic heterocycles. The fraction of sp³-hybridized carbons (Fsp3) is 0.250. The molecule has 0 radical (unpaired) electrons. The van der Waals surface area contributed by atoms with Gasteiger partial charge in [-0.05, 0) is 48.7 Å². The number of hydrogen-bond donors (Lipinski definition) is 0. The van der Waals surface area contributed by atoms with Gasteiger partial charge < -0.3 is 4.74 Å². The lowest BCUT2D eigenvalue weighted by molar-refractivity contribution is 0.414. The van der Waals surface area contributed by atoms with Crippen LogP contribution >= 0.6 is 15.9 Å². The first kappa shape index (κ1) is 15.0. The summed E-state index contributed by atoms with van der Waals surface area (Å²) in [4.78, 5) is -0.272. The Hall–Kier alpha value is -1.42. The lowest BCUT2D eigenvalue weighted by atomic mass is 10.0. The first-order valence-electron chi connectivity index (χ1n) is 6.24. The average Bonchev–Trinajstić information content (AvgIpc) is 2.43. The van der Waals surface area contributed by atoms with Crippen molar-refractivity contribution in [2.45, 2.75) is 18.2 Å². The number of rotatable bonds is 4. The van der Waals surface area contributed by atoms with E-state index in [1.165, 1.54) is 12.1 Å². The van der Waals surface area contributed by atoms with Gasteiger partial charge in [0, 0.05) is 10.4 Å². The molecule has 1 unspecified atom stereocenters. The van der Waals surface area contributed by atoms with E-state index < -0.39 is 0 Å². The molecular weight excluding hydrogens is 326 g/mol. The lowest BCUT2D eigenvalue weighted by Gasteiger charge is -2.13. The van der Waals surface area contributed by atoms with Crippen LogP contribution in [0.1, 0.15) is 21.5 Å². The van der Waals surface area contributed by atoms with Gasteiger partial charge in [0.05, 0.1) is 7.11 Å². The van der Waals surface area contributed by atoms with Gasteiger partial charge in [-0.25, -0.2) is 8.78 Å². The van der Waals surface area contributed by atoms with Crippen LogP contribution in [0.15, 0.2) is 36.4 Å². The average molecular weight is 341 g/mol. The molecule has 106 valence electrons. The monoisotopic (exact) mass is 340 g/mol. The maximum absolute atomic E-state index is 13.9. The van der Waals surface area contributed by atoms with Crippen LogP contribution in [0.3, 0.4) is 0 Å². The molecule has 0 saturated carbocycles. The van der Waals surface area contributed by atoms with E-state index in [2.05, 4.69) is 15.9 Å². The van der Waals surface area contributed by atoms with Crippen molar-refractivity contribution in [2.24, 2.45) is 0 Å². The van der Waals surface area contributed by atoms with Gasteiger partial charge in [0.15, 0.2) is 0 Å². The molecule has 0 N–H and O–H groups in total. The molecule has 0 amide bonds. The van der Waals surface area contributed by atoms with Crippen molar-refractivity contribution < 1.29 is 13.5 Å². The molecule has 4 heteroatoms. The van der Waals surface area contributed by atoms with Crippen LogP contribution in [0.2, 0.25) is 0 Å². The second kappa shape index (κ2) is 6.35. The molecule has 20 heavy (non-hydrogen) atoms. The summed E-state index contributed by atoms with van der Waals surface area (Å²) in [7, 11) is 1.60. The van der Waals surface area contributed by atoms with E-state index in [0.29, 0.717) is 17.5 Å². The number of ether oxygens (including phenoxy) is 1. The van der Waals surface area contributed by atoms with Crippen LogP contribution in [-0.2, 0) is 6.42 Å². The molecule has 0 aliphatic rings. The number of methoxy groups -OCH3 is 1. The Morgan fingerprint density at radius 2 is 1.75 bits per heavy atom. The summed E-state index contributed by atoms with van der Waals surface area (Å²) < 4.78 is 32.5. The van der Waals surface area contributed by atoms with Gasteiger partial charge in [-0.2, -0.15) is 0 Å². The van der Waals surface area contributed by atoms with Crippen molar-refractivity contribution >= 4 is 15.9 Å². The molecule has 1 nitrogen and oxygen atoms in total. The zero-order valence-corrected chi connectivity index (χ0v) is 12.9. The van der Waals surface area contributed by atoms with Gasteiger partial charge in [0.25, 0.3) is 0 Å². The van der Waals surface area contributed by atoms with Gasteiger partial charge in [-0.3, -0.25) is 0 Å². The standard InChI is InChI=1S/C16H15BrF2O/c1-10-7-16(19)13(9-15(10)18)14(17)8-11-3-5-12(20-2)6-4-11/h3-7,9,14H,8H2,1-2H3. The van der Waals surface area contributed by atoms with Gasteiger partial charge >= 0.3 is 0 Å². The summed E-state index contributed by atoms with van der Waals surface area (Å²) >= 11 is 3.43. The largest absolute Gasteiger partial charge is 0.497 e. The van der Waals surface area contributed by atoms with Crippen LogP contribution in [0.25, 0.3) is 0 Å². The van der Waals surface area contributed by atoms with E-state index in [4.69, 9.17) is 4.74 Å². The van der Waals surface area contributed by atoms with Crippen molar-refractivity contribution in [3.8, 4) is 5.75 Å². The Kier molecular flexibility index (Phi) is 4.76. The molecule has 0 fully saturated rings. The van der Waals surface area contributed by atoms with Gasteiger partial charge in [-0.1, -0.05) is 28.1 Å². The van der Waals surface area contributed by atoms with Crippen molar-refractivity contribution in [3.05, 3.63) is 64.7 Å². The maximum Gasteiger partial charge on any atom is 0.128 e. The smallest absolute Gasteiger partial charge is 0.128 e. The molecule has 0 spiro atoms. The minimum absolute atomic E-state index is 0.272. The van der Waals surface area contributed by atoms with Crippen molar-refractivity contribution in [1.82, 2.24) is 0 Å². The van der Waals surface area contributed by atoms with Crippen LogP contribution in [0, 0.1) is 18.6 Å². The maximum atomic E-state index is 13.9. The highest BCUT2D eigenvalue weighted by Crippen LogP contribution is 2.31. The molecule has 0 aliphatic carbocycles. The Morgan fingerprint density at radius 1 is 1.10 bits per heavy atom. The molecule has 2 aromatic carbocycles. The minimum atomic E-state index is -0.390. The van der Waals surface area contributed by atoms with Crippen molar-refractivity contribution in [3.63, 3.8) is 0 Å². The van der Waals surface area contributed by atoms with Gasteiger partial charge in [0.2, 0.25) is 0 Å². The fourth-order valence-electron chi connectivity index (χ4n) is 1.98. The summed E-state index contributed by atoms with van der Waals surface area (Å²) in [6.45, 7) is 1.55.